The first kappa shape index (κ1) is 28.6. The molecular formula is C25H46O5. The Hall–Kier alpha value is -1.39. The van der Waals surface area contributed by atoms with Crippen molar-refractivity contribution < 1.29 is 23.9 Å². The Morgan fingerprint density at radius 2 is 1.27 bits per heavy atom. The monoisotopic (exact) mass is 426 g/mol. The number of carbonyl (C=O) groups is 3. The molecule has 2 atom stereocenters. The van der Waals surface area contributed by atoms with Crippen molar-refractivity contribution in [1.82, 2.24) is 0 Å². The fourth-order valence-electron chi connectivity index (χ4n) is 3.86. The highest BCUT2D eigenvalue weighted by molar-refractivity contribution is 5.78. The van der Waals surface area contributed by atoms with Gasteiger partial charge in [-0.25, -0.2) is 0 Å². The van der Waals surface area contributed by atoms with Gasteiger partial charge in [0.1, 0.15) is 11.9 Å². The van der Waals surface area contributed by atoms with Crippen molar-refractivity contribution >= 4 is 17.7 Å². The summed E-state index contributed by atoms with van der Waals surface area (Å²) in [7, 11) is 0. The predicted molar refractivity (Wildman–Crippen MR) is 121 cm³/mol. The summed E-state index contributed by atoms with van der Waals surface area (Å²) in [5.74, 6) is 0.0222. The first-order chi connectivity index (χ1) is 14.4. The Morgan fingerprint density at radius 3 is 1.87 bits per heavy atom. The van der Waals surface area contributed by atoms with Crippen LogP contribution >= 0.6 is 0 Å². The topological polar surface area (TPSA) is 69.7 Å². The first-order valence-corrected chi connectivity index (χ1v) is 12.2. The van der Waals surface area contributed by atoms with E-state index in [1.807, 2.05) is 6.92 Å². The summed E-state index contributed by atoms with van der Waals surface area (Å²) in [4.78, 5) is 34.7. The summed E-state index contributed by atoms with van der Waals surface area (Å²) in [5.41, 5.74) is 0. The fourth-order valence-corrected chi connectivity index (χ4v) is 3.86. The third-order valence-corrected chi connectivity index (χ3v) is 5.60. The Bertz CT molecular complexity index is 460. The molecule has 0 aliphatic carbocycles. The normalized spacial score (nSPS) is 12.9. The highest BCUT2D eigenvalue weighted by atomic mass is 16.5. The number of rotatable bonds is 20. The fraction of sp³-hybridized carbons (Fsp3) is 0.880. The minimum absolute atomic E-state index is 0.0142. The lowest BCUT2D eigenvalue weighted by Gasteiger charge is -2.19. The van der Waals surface area contributed by atoms with Gasteiger partial charge >= 0.3 is 11.9 Å². The molecule has 5 nitrogen and oxygen atoms in total. The second kappa shape index (κ2) is 19.6. The Balaban J connectivity index is 4.09. The van der Waals surface area contributed by atoms with Crippen molar-refractivity contribution in [3.63, 3.8) is 0 Å². The minimum Gasteiger partial charge on any atom is -0.466 e. The van der Waals surface area contributed by atoms with E-state index in [1.54, 1.807) is 6.92 Å². The maximum Gasteiger partial charge on any atom is 0.305 e. The maximum atomic E-state index is 12.0. The second-order valence-corrected chi connectivity index (χ2v) is 8.43. The van der Waals surface area contributed by atoms with Gasteiger partial charge in [-0.05, 0) is 58.8 Å². The van der Waals surface area contributed by atoms with E-state index in [9.17, 15) is 14.4 Å². The van der Waals surface area contributed by atoms with Crippen molar-refractivity contribution in [3.05, 3.63) is 0 Å². The van der Waals surface area contributed by atoms with Crippen molar-refractivity contribution in [2.24, 2.45) is 5.92 Å². The largest absolute Gasteiger partial charge is 0.466 e. The van der Waals surface area contributed by atoms with Gasteiger partial charge in [0.15, 0.2) is 0 Å². The number of carbonyl (C=O) groups excluding carboxylic acids is 3. The van der Waals surface area contributed by atoms with Gasteiger partial charge in [0.2, 0.25) is 0 Å². The van der Waals surface area contributed by atoms with Gasteiger partial charge in [0.25, 0.3) is 0 Å². The first-order valence-electron chi connectivity index (χ1n) is 12.2. The molecule has 0 saturated heterocycles. The van der Waals surface area contributed by atoms with Gasteiger partial charge in [-0.3, -0.25) is 14.4 Å². The summed E-state index contributed by atoms with van der Waals surface area (Å²) in [5, 5.41) is 0. The molecule has 0 aromatic carbocycles. The highest BCUT2D eigenvalue weighted by Gasteiger charge is 2.17. The van der Waals surface area contributed by atoms with Crippen LogP contribution in [0, 0.1) is 5.92 Å². The molecular weight excluding hydrogens is 380 g/mol. The molecule has 0 aliphatic heterocycles. The number of ketones is 1. The molecule has 0 radical (unpaired) electrons. The van der Waals surface area contributed by atoms with Crippen LogP contribution < -0.4 is 0 Å². The number of Topliss-reactive ketones (excluding diaryl/α,β-unsaturated/α-hetero) is 1. The number of unbranched alkanes of at least 4 members (excludes halogenated alkanes) is 7. The lowest BCUT2D eigenvalue weighted by Crippen LogP contribution is -2.18. The van der Waals surface area contributed by atoms with Crippen molar-refractivity contribution in [2.75, 3.05) is 6.61 Å². The molecule has 0 N–H and O–H groups in total. The average molecular weight is 427 g/mol. The molecule has 2 unspecified atom stereocenters. The summed E-state index contributed by atoms with van der Waals surface area (Å²) in [6.07, 6.45) is 14.9. The molecule has 0 amide bonds. The molecule has 0 saturated carbocycles. The lowest BCUT2D eigenvalue weighted by atomic mass is 9.91. The molecule has 0 heterocycles. The van der Waals surface area contributed by atoms with E-state index in [1.165, 1.54) is 32.6 Å². The average Bonchev–Trinajstić information content (AvgIpc) is 2.68. The van der Waals surface area contributed by atoms with E-state index >= 15 is 0 Å². The van der Waals surface area contributed by atoms with Crippen LogP contribution in [0.5, 0.6) is 0 Å². The highest BCUT2D eigenvalue weighted by Crippen LogP contribution is 2.21. The van der Waals surface area contributed by atoms with Crippen LogP contribution in [0.4, 0.5) is 0 Å². The number of hydrogen-bond donors (Lipinski definition) is 0. The van der Waals surface area contributed by atoms with Crippen molar-refractivity contribution in [2.45, 2.75) is 130 Å². The maximum absolute atomic E-state index is 12.0. The molecule has 176 valence electrons. The van der Waals surface area contributed by atoms with E-state index in [4.69, 9.17) is 9.47 Å². The molecule has 0 rings (SSSR count). The zero-order valence-electron chi connectivity index (χ0n) is 20.0. The smallest absolute Gasteiger partial charge is 0.305 e. The van der Waals surface area contributed by atoms with Crippen LogP contribution in [-0.2, 0) is 23.9 Å². The zero-order chi connectivity index (χ0) is 22.6. The molecule has 0 aromatic heterocycles. The molecule has 5 heteroatoms. The van der Waals surface area contributed by atoms with E-state index in [0.717, 1.165) is 64.2 Å². The van der Waals surface area contributed by atoms with Gasteiger partial charge in [0, 0.05) is 19.3 Å². The molecule has 0 bridgehead atoms. The van der Waals surface area contributed by atoms with Crippen LogP contribution in [0.3, 0.4) is 0 Å². The van der Waals surface area contributed by atoms with Gasteiger partial charge in [-0.15, -0.1) is 0 Å². The SMILES string of the molecule is CCCCCCCC(CCCC(CCCCCCC(=O)OCC)C(C)=O)OC(C)=O. The van der Waals surface area contributed by atoms with Crippen molar-refractivity contribution in [3.8, 4) is 0 Å². The van der Waals surface area contributed by atoms with E-state index in [-0.39, 0.29) is 29.7 Å². The number of ether oxygens (including phenoxy) is 2. The Labute approximate surface area is 184 Å². The van der Waals surface area contributed by atoms with Crippen LogP contribution in [0.2, 0.25) is 0 Å². The molecule has 0 aliphatic rings. The summed E-state index contributed by atoms with van der Waals surface area (Å²) >= 11 is 0. The van der Waals surface area contributed by atoms with Gasteiger partial charge in [-0.1, -0.05) is 51.9 Å². The minimum atomic E-state index is -0.209. The summed E-state index contributed by atoms with van der Waals surface area (Å²) < 4.78 is 10.4. The Morgan fingerprint density at radius 1 is 0.700 bits per heavy atom. The van der Waals surface area contributed by atoms with Gasteiger partial charge in [-0.2, -0.15) is 0 Å². The molecule has 0 aromatic rings. The number of hydrogen-bond acceptors (Lipinski definition) is 5. The van der Waals surface area contributed by atoms with E-state index in [2.05, 4.69) is 6.92 Å². The Kier molecular flexibility index (Phi) is 18.7. The number of esters is 2. The summed E-state index contributed by atoms with van der Waals surface area (Å²) in [6, 6.07) is 0. The molecule has 30 heavy (non-hydrogen) atoms. The quantitative estimate of drug-likeness (QED) is 0.163. The molecule has 0 spiro atoms. The third kappa shape index (κ3) is 17.5. The predicted octanol–water partition coefficient (Wildman–Crippen LogP) is 6.56. The van der Waals surface area contributed by atoms with Crippen LogP contribution in [-0.4, -0.2) is 30.4 Å². The van der Waals surface area contributed by atoms with Crippen molar-refractivity contribution in [1.29, 1.82) is 0 Å². The van der Waals surface area contributed by atoms with E-state index < -0.39 is 0 Å². The van der Waals surface area contributed by atoms with E-state index in [0.29, 0.717) is 13.0 Å². The zero-order valence-corrected chi connectivity index (χ0v) is 20.0. The van der Waals surface area contributed by atoms with Gasteiger partial charge < -0.3 is 9.47 Å². The standard InChI is InChI=1S/C25H46O5/c1-5-7-8-9-13-18-24(30-22(4)27)19-15-17-23(21(3)26)16-12-10-11-14-20-25(28)29-6-2/h23-24H,5-20H2,1-4H3. The van der Waals surface area contributed by atoms with Crippen LogP contribution in [0.1, 0.15) is 124 Å². The van der Waals surface area contributed by atoms with Gasteiger partial charge in [0.05, 0.1) is 6.61 Å². The summed E-state index contributed by atoms with van der Waals surface area (Å²) in [6.45, 7) is 7.63. The third-order valence-electron chi connectivity index (χ3n) is 5.60. The lowest BCUT2D eigenvalue weighted by molar-refractivity contribution is -0.147. The second-order valence-electron chi connectivity index (χ2n) is 8.43. The van der Waals surface area contributed by atoms with Crippen LogP contribution in [0.15, 0.2) is 0 Å². The van der Waals surface area contributed by atoms with Crippen LogP contribution in [0.25, 0.3) is 0 Å². The molecule has 0 fully saturated rings.